The predicted octanol–water partition coefficient (Wildman–Crippen LogP) is -1.64. The number of ketones is 1. The number of carbonyl (C=O) groups excluding carboxylic acids is 3. The van der Waals surface area contributed by atoms with Crippen molar-refractivity contribution < 1.29 is 29.0 Å². The van der Waals surface area contributed by atoms with Gasteiger partial charge in [0.05, 0.1) is 0 Å². The molecule has 66 valence electrons. The van der Waals surface area contributed by atoms with Gasteiger partial charge in [0.2, 0.25) is 0 Å². The maximum absolute atomic E-state index is 10.8. The molecule has 6 nitrogen and oxygen atoms in total. The minimum atomic E-state index is -1.80. The normalized spacial score (nSPS) is 28.5. The Hall–Kier alpha value is -1.43. The van der Waals surface area contributed by atoms with Crippen molar-refractivity contribution in [3.05, 3.63) is 0 Å². The fourth-order valence-electron chi connectivity index (χ4n) is 0.748. The SMILES string of the molecule is CC(=O)OC1C(=O)OC(O)C1=O. The molecule has 1 N–H and O–H groups in total. The van der Waals surface area contributed by atoms with Gasteiger partial charge in [-0.1, -0.05) is 0 Å². The summed E-state index contributed by atoms with van der Waals surface area (Å²) in [6.07, 6.45) is -3.40. The zero-order chi connectivity index (χ0) is 9.30. The second-order valence-electron chi connectivity index (χ2n) is 2.18. The molecule has 0 aromatic carbocycles. The number of hydrogen-bond acceptors (Lipinski definition) is 6. The van der Waals surface area contributed by atoms with E-state index in [2.05, 4.69) is 9.47 Å². The summed E-state index contributed by atoms with van der Waals surface area (Å²) in [7, 11) is 0. The first-order valence-corrected chi connectivity index (χ1v) is 3.12. The van der Waals surface area contributed by atoms with E-state index in [0.717, 1.165) is 6.92 Å². The van der Waals surface area contributed by atoms with Crippen LogP contribution in [0.4, 0.5) is 0 Å². The number of cyclic esters (lactones) is 1. The Bertz CT molecular complexity index is 244. The van der Waals surface area contributed by atoms with Crippen LogP contribution in [-0.2, 0) is 23.9 Å². The topological polar surface area (TPSA) is 89.9 Å². The van der Waals surface area contributed by atoms with Crippen molar-refractivity contribution in [2.24, 2.45) is 0 Å². The van der Waals surface area contributed by atoms with Gasteiger partial charge >= 0.3 is 11.9 Å². The molecule has 0 amide bonds. The van der Waals surface area contributed by atoms with Crippen LogP contribution in [-0.4, -0.2) is 35.2 Å². The quantitative estimate of drug-likeness (QED) is 0.379. The van der Waals surface area contributed by atoms with E-state index in [1.54, 1.807) is 0 Å². The molecule has 1 rings (SSSR count). The Balaban J connectivity index is 2.70. The number of aliphatic hydroxyl groups excluding tert-OH is 1. The van der Waals surface area contributed by atoms with E-state index in [9.17, 15) is 14.4 Å². The van der Waals surface area contributed by atoms with Crippen LogP contribution in [0.25, 0.3) is 0 Å². The third-order valence-electron chi connectivity index (χ3n) is 1.23. The molecule has 1 aliphatic rings. The molecular weight excluding hydrogens is 168 g/mol. The third-order valence-corrected chi connectivity index (χ3v) is 1.23. The first-order valence-electron chi connectivity index (χ1n) is 3.12. The summed E-state index contributed by atoms with van der Waals surface area (Å²) >= 11 is 0. The van der Waals surface area contributed by atoms with Crippen LogP contribution >= 0.6 is 0 Å². The number of ether oxygens (including phenoxy) is 2. The average Bonchev–Trinajstić information content (AvgIpc) is 2.16. The highest BCUT2D eigenvalue weighted by Gasteiger charge is 2.45. The van der Waals surface area contributed by atoms with Gasteiger partial charge in [0.15, 0.2) is 0 Å². The standard InChI is InChI=1S/C6H6O6/c1-2(7)11-4-3(8)5(9)12-6(4)10/h4-5,9H,1H3. The Morgan fingerprint density at radius 3 is 2.50 bits per heavy atom. The molecule has 1 heterocycles. The van der Waals surface area contributed by atoms with Gasteiger partial charge in [0.25, 0.3) is 18.2 Å². The van der Waals surface area contributed by atoms with Crippen molar-refractivity contribution in [2.45, 2.75) is 19.3 Å². The molecule has 0 spiro atoms. The van der Waals surface area contributed by atoms with Gasteiger partial charge in [-0.15, -0.1) is 0 Å². The molecule has 0 bridgehead atoms. The fraction of sp³-hybridized carbons (Fsp3) is 0.500. The van der Waals surface area contributed by atoms with Gasteiger partial charge in [0.1, 0.15) is 0 Å². The molecule has 2 atom stereocenters. The van der Waals surface area contributed by atoms with Crippen molar-refractivity contribution in [1.82, 2.24) is 0 Å². The molecule has 0 radical (unpaired) electrons. The molecule has 1 aliphatic heterocycles. The minimum Gasteiger partial charge on any atom is -0.442 e. The van der Waals surface area contributed by atoms with Crippen LogP contribution in [0, 0.1) is 0 Å². The van der Waals surface area contributed by atoms with Crippen molar-refractivity contribution in [1.29, 1.82) is 0 Å². The number of Topliss-reactive ketones (excluding diaryl/α,β-unsaturated/α-hetero) is 1. The lowest BCUT2D eigenvalue weighted by molar-refractivity contribution is -0.163. The van der Waals surface area contributed by atoms with Crippen LogP contribution in [0.2, 0.25) is 0 Å². The number of aliphatic hydroxyl groups is 1. The maximum atomic E-state index is 10.8. The van der Waals surface area contributed by atoms with Crippen LogP contribution in [0.1, 0.15) is 6.92 Å². The maximum Gasteiger partial charge on any atom is 0.358 e. The van der Waals surface area contributed by atoms with E-state index in [0.29, 0.717) is 0 Å². The van der Waals surface area contributed by atoms with E-state index in [4.69, 9.17) is 5.11 Å². The fourth-order valence-corrected chi connectivity index (χ4v) is 0.748. The largest absolute Gasteiger partial charge is 0.442 e. The average molecular weight is 174 g/mol. The summed E-state index contributed by atoms with van der Waals surface area (Å²) in [5, 5.41) is 8.67. The lowest BCUT2D eigenvalue weighted by Gasteiger charge is -2.02. The predicted molar refractivity (Wildman–Crippen MR) is 32.7 cm³/mol. The van der Waals surface area contributed by atoms with Gasteiger partial charge in [-0.2, -0.15) is 0 Å². The Morgan fingerprint density at radius 2 is 2.17 bits per heavy atom. The number of hydrogen-bond donors (Lipinski definition) is 1. The van der Waals surface area contributed by atoms with Gasteiger partial charge in [-0.25, -0.2) is 4.79 Å². The summed E-state index contributed by atoms with van der Waals surface area (Å²) in [5.41, 5.74) is 0. The zero-order valence-electron chi connectivity index (χ0n) is 6.14. The van der Waals surface area contributed by atoms with Gasteiger partial charge in [-0.05, 0) is 0 Å². The van der Waals surface area contributed by atoms with Gasteiger partial charge in [0, 0.05) is 6.92 Å². The van der Waals surface area contributed by atoms with E-state index in [-0.39, 0.29) is 0 Å². The van der Waals surface area contributed by atoms with E-state index < -0.39 is 30.1 Å². The molecule has 1 saturated heterocycles. The zero-order valence-corrected chi connectivity index (χ0v) is 6.14. The van der Waals surface area contributed by atoms with E-state index in [1.165, 1.54) is 0 Å². The summed E-state index contributed by atoms with van der Waals surface area (Å²) < 4.78 is 8.36. The van der Waals surface area contributed by atoms with Crippen molar-refractivity contribution in [2.75, 3.05) is 0 Å². The minimum absolute atomic E-state index is 0.778. The van der Waals surface area contributed by atoms with Crippen LogP contribution in [0.5, 0.6) is 0 Å². The Kier molecular flexibility index (Phi) is 2.09. The molecule has 0 saturated carbocycles. The molecule has 0 aliphatic carbocycles. The molecule has 12 heavy (non-hydrogen) atoms. The second kappa shape index (κ2) is 2.90. The van der Waals surface area contributed by atoms with Crippen LogP contribution in [0.3, 0.4) is 0 Å². The van der Waals surface area contributed by atoms with Crippen LogP contribution < -0.4 is 0 Å². The summed E-state index contributed by atoms with van der Waals surface area (Å²) in [4.78, 5) is 31.8. The van der Waals surface area contributed by atoms with Gasteiger partial charge in [-0.3, -0.25) is 9.59 Å². The first-order chi connectivity index (χ1) is 5.52. The summed E-state index contributed by atoms with van der Waals surface area (Å²) in [6, 6.07) is 0. The van der Waals surface area contributed by atoms with E-state index >= 15 is 0 Å². The molecule has 1 fully saturated rings. The second-order valence-corrected chi connectivity index (χ2v) is 2.18. The number of rotatable bonds is 1. The van der Waals surface area contributed by atoms with Crippen molar-refractivity contribution in [3.63, 3.8) is 0 Å². The molecule has 2 unspecified atom stereocenters. The number of esters is 2. The first kappa shape index (κ1) is 8.66. The molecule has 0 aromatic rings. The van der Waals surface area contributed by atoms with Crippen LogP contribution in [0.15, 0.2) is 0 Å². The van der Waals surface area contributed by atoms with E-state index in [1.807, 2.05) is 0 Å². The summed E-state index contributed by atoms with van der Waals surface area (Å²) in [5.74, 6) is -2.77. The Labute approximate surface area is 67.1 Å². The molecular formula is C6H6O6. The van der Waals surface area contributed by atoms with Crippen molar-refractivity contribution in [3.8, 4) is 0 Å². The monoisotopic (exact) mass is 174 g/mol. The molecule has 6 heteroatoms. The highest BCUT2D eigenvalue weighted by molar-refractivity contribution is 6.09. The summed E-state index contributed by atoms with van der Waals surface area (Å²) in [6.45, 7) is 1.05. The van der Waals surface area contributed by atoms with Gasteiger partial charge < -0.3 is 14.6 Å². The smallest absolute Gasteiger partial charge is 0.358 e. The Morgan fingerprint density at radius 1 is 1.58 bits per heavy atom. The highest BCUT2D eigenvalue weighted by Crippen LogP contribution is 2.11. The highest BCUT2D eigenvalue weighted by atomic mass is 16.7. The third kappa shape index (κ3) is 1.42. The number of carbonyl (C=O) groups is 3. The molecule has 0 aromatic heterocycles. The van der Waals surface area contributed by atoms with Crippen molar-refractivity contribution >= 4 is 17.7 Å². The lowest BCUT2D eigenvalue weighted by atomic mass is 10.3. The lowest BCUT2D eigenvalue weighted by Crippen LogP contribution is -2.30.